The lowest BCUT2D eigenvalue weighted by Gasteiger charge is -2.18. The molecule has 0 bridgehead atoms. The molecule has 2 aromatic rings. The van der Waals surface area contributed by atoms with Gasteiger partial charge < -0.3 is 10.6 Å². The van der Waals surface area contributed by atoms with Gasteiger partial charge in [-0.3, -0.25) is 9.59 Å². The van der Waals surface area contributed by atoms with Gasteiger partial charge in [-0.05, 0) is 42.5 Å². The lowest BCUT2D eigenvalue weighted by Crippen LogP contribution is -2.33. The molecule has 150 valence electrons. The van der Waals surface area contributed by atoms with Gasteiger partial charge in [-0.15, -0.1) is 0 Å². The van der Waals surface area contributed by atoms with Crippen LogP contribution in [0.4, 0.5) is 10.1 Å². The first-order chi connectivity index (χ1) is 13.3. The van der Waals surface area contributed by atoms with E-state index >= 15 is 0 Å². The maximum absolute atomic E-state index is 13.1. The van der Waals surface area contributed by atoms with Gasteiger partial charge in [0.25, 0.3) is 5.91 Å². The molecule has 9 heteroatoms. The molecule has 0 heterocycles. The van der Waals surface area contributed by atoms with Crippen molar-refractivity contribution in [3.8, 4) is 0 Å². The third kappa shape index (κ3) is 5.37. The summed E-state index contributed by atoms with van der Waals surface area (Å²) in [5, 5.41) is 4.90. The summed E-state index contributed by atoms with van der Waals surface area (Å²) >= 11 is 0. The second kappa shape index (κ2) is 9.43. The zero-order chi connectivity index (χ0) is 20.7. The summed E-state index contributed by atoms with van der Waals surface area (Å²) in [4.78, 5) is 24.1. The van der Waals surface area contributed by atoms with Crippen molar-refractivity contribution in [2.24, 2.45) is 0 Å². The van der Waals surface area contributed by atoms with Gasteiger partial charge in [-0.2, -0.15) is 4.31 Å². The number of halogens is 1. The fourth-order valence-electron chi connectivity index (χ4n) is 2.52. The number of carbonyl (C=O) groups is 2. The number of nitrogens with one attached hydrogen (secondary N) is 2. The molecule has 0 aromatic heterocycles. The highest BCUT2D eigenvalue weighted by Crippen LogP contribution is 2.16. The van der Waals surface area contributed by atoms with E-state index in [4.69, 9.17) is 0 Å². The molecule has 0 fully saturated rings. The lowest BCUT2D eigenvalue weighted by atomic mass is 10.2. The average Bonchev–Trinajstić information content (AvgIpc) is 2.67. The maximum Gasteiger partial charge on any atom is 0.251 e. The monoisotopic (exact) mass is 407 g/mol. The normalized spacial score (nSPS) is 11.3. The minimum Gasteiger partial charge on any atom is -0.343 e. The Balaban J connectivity index is 1.97. The summed E-state index contributed by atoms with van der Waals surface area (Å²) in [6.45, 7) is 3.88. The van der Waals surface area contributed by atoms with Crippen LogP contribution in [0.2, 0.25) is 0 Å². The molecule has 7 nitrogen and oxygen atoms in total. The molecule has 2 aromatic carbocycles. The SMILES string of the molecule is CCN(CC)S(=O)(=O)c1ccc(C(=O)NCC(=O)Nc2cccc(F)c2)cc1. The largest absolute Gasteiger partial charge is 0.343 e. The number of benzene rings is 2. The van der Waals surface area contributed by atoms with Gasteiger partial charge in [-0.1, -0.05) is 19.9 Å². The number of anilines is 1. The summed E-state index contributed by atoms with van der Waals surface area (Å²) in [5.74, 6) is -1.53. The smallest absolute Gasteiger partial charge is 0.251 e. The van der Waals surface area contributed by atoms with Gasteiger partial charge in [0.1, 0.15) is 5.82 Å². The quantitative estimate of drug-likeness (QED) is 0.701. The summed E-state index contributed by atoms with van der Waals surface area (Å²) in [6, 6.07) is 10.9. The molecule has 0 unspecified atom stereocenters. The van der Waals surface area contributed by atoms with Gasteiger partial charge in [0.05, 0.1) is 11.4 Å². The summed E-state index contributed by atoms with van der Waals surface area (Å²) in [6.07, 6.45) is 0. The Bertz CT molecular complexity index is 942. The van der Waals surface area contributed by atoms with E-state index < -0.39 is 27.7 Å². The molecule has 28 heavy (non-hydrogen) atoms. The maximum atomic E-state index is 13.1. The molecule has 2 rings (SSSR count). The fraction of sp³-hybridized carbons (Fsp3) is 0.263. The van der Waals surface area contributed by atoms with Crippen LogP contribution >= 0.6 is 0 Å². The molecule has 2 N–H and O–H groups in total. The van der Waals surface area contributed by atoms with E-state index in [1.165, 1.54) is 46.8 Å². The first kappa shape index (κ1) is 21.5. The second-order valence-electron chi connectivity index (χ2n) is 5.85. The van der Waals surface area contributed by atoms with Gasteiger partial charge in [0.2, 0.25) is 15.9 Å². The first-order valence-corrected chi connectivity index (χ1v) is 10.2. The Kier molecular flexibility index (Phi) is 7.24. The topological polar surface area (TPSA) is 95.6 Å². The minimum atomic E-state index is -3.60. The fourth-order valence-corrected chi connectivity index (χ4v) is 3.98. The number of nitrogens with zero attached hydrogens (tertiary/aromatic N) is 1. The van der Waals surface area contributed by atoms with Gasteiger partial charge in [-0.25, -0.2) is 12.8 Å². The molecule has 0 saturated carbocycles. The Morgan fingerprint density at radius 3 is 2.25 bits per heavy atom. The van der Waals surface area contributed by atoms with Gasteiger partial charge >= 0.3 is 0 Å². The Morgan fingerprint density at radius 1 is 1.04 bits per heavy atom. The number of amides is 2. The summed E-state index contributed by atoms with van der Waals surface area (Å²) < 4.78 is 39.3. The standard InChI is InChI=1S/C19H22FN3O4S/c1-3-23(4-2)28(26,27)17-10-8-14(9-11-17)19(25)21-13-18(24)22-16-7-5-6-15(20)12-16/h5-12H,3-4,13H2,1-2H3,(H,21,25)(H,22,24). The van der Waals surface area contributed by atoms with E-state index in [1.54, 1.807) is 13.8 Å². The Morgan fingerprint density at radius 2 is 1.68 bits per heavy atom. The predicted octanol–water partition coefficient (Wildman–Crippen LogP) is 2.22. The van der Waals surface area contributed by atoms with E-state index in [1.807, 2.05) is 0 Å². The third-order valence-electron chi connectivity index (χ3n) is 3.98. The zero-order valence-corrected chi connectivity index (χ0v) is 16.4. The van der Waals surface area contributed by atoms with Crippen molar-refractivity contribution in [3.05, 3.63) is 59.9 Å². The first-order valence-electron chi connectivity index (χ1n) is 8.71. The number of rotatable bonds is 8. The lowest BCUT2D eigenvalue weighted by molar-refractivity contribution is -0.115. The molecule has 2 amide bonds. The molecule has 0 saturated heterocycles. The van der Waals surface area contributed by atoms with Crippen molar-refractivity contribution < 1.29 is 22.4 Å². The minimum absolute atomic E-state index is 0.0941. The highest BCUT2D eigenvalue weighted by molar-refractivity contribution is 7.89. The molecule has 0 spiro atoms. The molecular weight excluding hydrogens is 385 g/mol. The van der Waals surface area contributed by atoms with Crippen LogP contribution in [0.3, 0.4) is 0 Å². The molecule has 0 atom stereocenters. The predicted molar refractivity (Wildman–Crippen MR) is 104 cm³/mol. The van der Waals surface area contributed by atoms with Crippen LogP contribution in [0, 0.1) is 5.82 Å². The molecule has 0 radical (unpaired) electrons. The molecule has 0 aliphatic carbocycles. The third-order valence-corrected chi connectivity index (χ3v) is 6.04. The highest BCUT2D eigenvalue weighted by atomic mass is 32.2. The Labute approximate surface area is 163 Å². The number of carbonyl (C=O) groups excluding carboxylic acids is 2. The molecule has 0 aliphatic heterocycles. The molecule has 0 aliphatic rings. The van der Waals surface area contributed by atoms with Crippen molar-refractivity contribution >= 4 is 27.5 Å². The van der Waals surface area contributed by atoms with Crippen molar-refractivity contribution in [1.82, 2.24) is 9.62 Å². The van der Waals surface area contributed by atoms with Gasteiger partial charge in [0, 0.05) is 24.3 Å². The van der Waals surface area contributed by atoms with Crippen molar-refractivity contribution in [2.45, 2.75) is 18.7 Å². The Hall–Kier alpha value is -2.78. The van der Waals surface area contributed by atoms with Crippen LogP contribution in [-0.4, -0.2) is 44.2 Å². The van der Waals surface area contributed by atoms with Crippen molar-refractivity contribution in [1.29, 1.82) is 0 Å². The van der Waals surface area contributed by atoms with Crippen molar-refractivity contribution in [3.63, 3.8) is 0 Å². The highest BCUT2D eigenvalue weighted by Gasteiger charge is 2.21. The summed E-state index contributed by atoms with van der Waals surface area (Å²) in [5.41, 5.74) is 0.502. The van der Waals surface area contributed by atoms with E-state index in [-0.39, 0.29) is 22.7 Å². The van der Waals surface area contributed by atoms with Crippen LogP contribution in [0.1, 0.15) is 24.2 Å². The van der Waals surface area contributed by atoms with E-state index in [2.05, 4.69) is 10.6 Å². The number of hydrogen-bond donors (Lipinski definition) is 2. The van der Waals surface area contributed by atoms with E-state index in [0.29, 0.717) is 13.1 Å². The number of hydrogen-bond acceptors (Lipinski definition) is 4. The zero-order valence-electron chi connectivity index (χ0n) is 15.6. The van der Waals surface area contributed by atoms with Crippen LogP contribution in [0.25, 0.3) is 0 Å². The van der Waals surface area contributed by atoms with Gasteiger partial charge in [0.15, 0.2) is 0 Å². The summed E-state index contributed by atoms with van der Waals surface area (Å²) in [7, 11) is -3.60. The number of sulfonamides is 1. The van der Waals surface area contributed by atoms with Crippen LogP contribution in [-0.2, 0) is 14.8 Å². The van der Waals surface area contributed by atoms with E-state index in [9.17, 15) is 22.4 Å². The van der Waals surface area contributed by atoms with Crippen LogP contribution in [0.5, 0.6) is 0 Å². The van der Waals surface area contributed by atoms with E-state index in [0.717, 1.165) is 6.07 Å². The van der Waals surface area contributed by atoms with Crippen molar-refractivity contribution in [2.75, 3.05) is 25.0 Å². The molecular formula is C19H22FN3O4S. The second-order valence-corrected chi connectivity index (χ2v) is 7.79. The van der Waals surface area contributed by atoms with Crippen LogP contribution in [0.15, 0.2) is 53.4 Å². The average molecular weight is 407 g/mol. The van der Waals surface area contributed by atoms with Crippen LogP contribution < -0.4 is 10.6 Å².